The third-order valence-electron chi connectivity index (χ3n) is 2.89. The Hall–Kier alpha value is -3.42. The Balaban J connectivity index is 1.99. The Kier molecular flexibility index (Phi) is 4.88. The van der Waals surface area contributed by atoms with Crippen molar-refractivity contribution in [3.05, 3.63) is 52.3 Å². The van der Waals surface area contributed by atoms with Gasteiger partial charge in [-0.1, -0.05) is 6.58 Å². The predicted octanol–water partition coefficient (Wildman–Crippen LogP) is 1.12. The van der Waals surface area contributed by atoms with E-state index in [-0.39, 0.29) is 17.5 Å². The molecule has 0 aliphatic rings. The van der Waals surface area contributed by atoms with Crippen molar-refractivity contribution < 1.29 is 4.79 Å². The molecule has 0 unspecified atom stereocenters. The minimum Gasteiger partial charge on any atom is -0.391 e. The number of H-pyrrole nitrogens is 1. The third kappa shape index (κ3) is 4.27. The van der Waals surface area contributed by atoms with Crippen molar-refractivity contribution in [2.24, 2.45) is 4.99 Å². The highest BCUT2D eigenvalue weighted by Gasteiger charge is 2.05. The maximum atomic E-state index is 11.4. The Morgan fingerprint density at radius 2 is 2.04 bits per heavy atom. The average molecular weight is 312 g/mol. The number of anilines is 3. The largest absolute Gasteiger partial charge is 0.391 e. The molecule has 1 aromatic heterocycles. The molecule has 6 N–H and O–H groups in total. The van der Waals surface area contributed by atoms with Gasteiger partial charge in [-0.3, -0.25) is 14.6 Å². The molecule has 2 rings (SSSR count). The smallest absolute Gasteiger partial charge is 0.277 e. The van der Waals surface area contributed by atoms with Crippen LogP contribution in [-0.4, -0.2) is 29.0 Å². The van der Waals surface area contributed by atoms with Crippen LogP contribution in [0.15, 0.2) is 46.2 Å². The molecule has 0 amide bonds. The fourth-order valence-corrected chi connectivity index (χ4v) is 1.68. The fraction of sp³-hybridized carbons (Fsp3) is 0.0667. The van der Waals surface area contributed by atoms with E-state index in [0.717, 1.165) is 12.0 Å². The van der Waals surface area contributed by atoms with Gasteiger partial charge < -0.3 is 16.8 Å². The van der Waals surface area contributed by atoms with E-state index in [9.17, 15) is 9.59 Å². The molecule has 0 spiro atoms. The maximum Gasteiger partial charge on any atom is 0.277 e. The quantitative estimate of drug-likeness (QED) is 0.465. The number of hydrogen-bond acceptors (Lipinski definition) is 7. The van der Waals surface area contributed by atoms with Gasteiger partial charge in [-0.05, 0) is 29.8 Å². The average Bonchev–Trinajstić information content (AvgIpc) is 2.55. The summed E-state index contributed by atoms with van der Waals surface area (Å²) >= 11 is 0. The van der Waals surface area contributed by atoms with Gasteiger partial charge in [0.1, 0.15) is 12.0 Å². The van der Waals surface area contributed by atoms with Gasteiger partial charge in [0.25, 0.3) is 5.56 Å². The van der Waals surface area contributed by atoms with E-state index in [1.807, 2.05) is 0 Å². The van der Waals surface area contributed by atoms with Crippen LogP contribution in [0.5, 0.6) is 0 Å². The first-order valence-electron chi connectivity index (χ1n) is 6.66. The lowest BCUT2D eigenvalue weighted by Gasteiger charge is -2.06. The van der Waals surface area contributed by atoms with Crippen LogP contribution in [0, 0.1) is 0 Å². The van der Waals surface area contributed by atoms with Gasteiger partial charge in [0.05, 0.1) is 0 Å². The number of carbonyl (C=O) groups excluding carboxylic acids is 1. The lowest BCUT2D eigenvalue weighted by atomic mass is 10.2. The molecule has 23 heavy (non-hydrogen) atoms. The van der Waals surface area contributed by atoms with Crippen LogP contribution >= 0.6 is 0 Å². The van der Waals surface area contributed by atoms with Gasteiger partial charge in [0, 0.05) is 24.0 Å². The second-order valence-electron chi connectivity index (χ2n) is 4.70. The van der Waals surface area contributed by atoms with Crippen molar-refractivity contribution in [1.29, 1.82) is 0 Å². The zero-order chi connectivity index (χ0) is 16.8. The monoisotopic (exact) mass is 312 g/mol. The van der Waals surface area contributed by atoms with Crippen LogP contribution in [0.25, 0.3) is 0 Å². The highest BCUT2D eigenvalue weighted by Crippen LogP contribution is 2.14. The van der Waals surface area contributed by atoms with Gasteiger partial charge in [-0.2, -0.15) is 4.98 Å². The normalized spacial score (nSPS) is 10.6. The molecular formula is C15H16N6O2. The van der Waals surface area contributed by atoms with E-state index in [1.165, 1.54) is 6.21 Å². The first-order valence-corrected chi connectivity index (χ1v) is 6.66. The summed E-state index contributed by atoms with van der Waals surface area (Å²) in [5.41, 5.74) is 12.4. The van der Waals surface area contributed by atoms with Crippen molar-refractivity contribution in [2.45, 2.75) is 0 Å². The highest BCUT2D eigenvalue weighted by atomic mass is 16.1. The molecule has 1 aromatic carbocycles. The summed E-state index contributed by atoms with van der Waals surface area (Å²) in [6.45, 7) is 4.26. The topological polar surface area (TPSA) is 139 Å². The lowest BCUT2D eigenvalue weighted by molar-refractivity contribution is 0.112. The maximum absolute atomic E-state index is 11.4. The second-order valence-corrected chi connectivity index (χ2v) is 4.70. The summed E-state index contributed by atoms with van der Waals surface area (Å²) in [5, 5.41) is 3.12. The number of aromatic nitrogens is 2. The van der Waals surface area contributed by atoms with Crippen molar-refractivity contribution in [3.8, 4) is 0 Å². The molecule has 1 heterocycles. The molecule has 0 saturated heterocycles. The van der Waals surface area contributed by atoms with E-state index in [2.05, 4.69) is 26.9 Å². The molecule has 8 heteroatoms. The molecule has 8 nitrogen and oxygen atoms in total. The number of aldehydes is 1. The first-order chi connectivity index (χ1) is 11.0. The number of aliphatic imine (C=N–C) groups is 1. The van der Waals surface area contributed by atoms with E-state index >= 15 is 0 Å². The summed E-state index contributed by atoms with van der Waals surface area (Å²) < 4.78 is 0. The van der Waals surface area contributed by atoms with Crippen LogP contribution in [0.2, 0.25) is 0 Å². The molecule has 118 valence electrons. The third-order valence-corrected chi connectivity index (χ3v) is 2.89. The predicted molar refractivity (Wildman–Crippen MR) is 91.3 cm³/mol. The summed E-state index contributed by atoms with van der Waals surface area (Å²) in [4.78, 5) is 32.2. The van der Waals surface area contributed by atoms with Crippen LogP contribution in [0.1, 0.15) is 10.4 Å². The number of aromatic amines is 1. The van der Waals surface area contributed by atoms with Gasteiger partial charge >= 0.3 is 0 Å². The van der Waals surface area contributed by atoms with Gasteiger partial charge in [-0.15, -0.1) is 0 Å². The molecule has 0 atom stereocenters. The van der Waals surface area contributed by atoms with Crippen molar-refractivity contribution in [2.75, 3.05) is 23.3 Å². The molecular weight excluding hydrogens is 296 g/mol. The minimum atomic E-state index is -0.538. The van der Waals surface area contributed by atoms with Crippen molar-refractivity contribution >= 4 is 35.6 Å². The number of nitrogens with zero attached hydrogens (tertiary/aromatic N) is 2. The van der Waals surface area contributed by atoms with E-state index in [1.54, 1.807) is 24.3 Å². The van der Waals surface area contributed by atoms with Crippen molar-refractivity contribution in [3.63, 3.8) is 0 Å². The van der Waals surface area contributed by atoms with Crippen LogP contribution in [-0.2, 0) is 0 Å². The fourth-order valence-electron chi connectivity index (χ4n) is 1.68. The van der Waals surface area contributed by atoms with E-state index < -0.39 is 5.56 Å². The Morgan fingerprint density at radius 3 is 2.70 bits per heavy atom. The number of benzene rings is 1. The lowest BCUT2D eigenvalue weighted by Crippen LogP contribution is -2.15. The first kappa shape index (κ1) is 16.0. The summed E-state index contributed by atoms with van der Waals surface area (Å²) in [6, 6.07) is 6.97. The summed E-state index contributed by atoms with van der Waals surface area (Å²) in [5.74, 6) is -0.0157. The second kappa shape index (κ2) is 7.03. The van der Waals surface area contributed by atoms with E-state index in [0.29, 0.717) is 17.7 Å². The number of nitrogens with two attached hydrogens (primary N) is 2. The Bertz CT molecular complexity index is 808. The molecule has 0 aliphatic carbocycles. The van der Waals surface area contributed by atoms with E-state index in [4.69, 9.17) is 11.5 Å². The molecule has 0 aliphatic heterocycles. The van der Waals surface area contributed by atoms with Crippen LogP contribution in [0.4, 0.5) is 23.1 Å². The van der Waals surface area contributed by atoms with Crippen LogP contribution < -0.4 is 22.3 Å². The number of carbonyl (C=O) groups is 1. The minimum absolute atomic E-state index is 0.0442. The standard InChI is InChI=1S/C15H16N6O2/c1-9(6-18-11-4-2-10(8-22)3-5-11)7-19-13-12(16)14(23)21-15(17)20-13/h2-5,7-8,18H,1,6,16H2,(H3,17,20,21,23). The number of nitrogens with one attached hydrogen (secondary N) is 2. The SMILES string of the molecule is C=C(C=Nc1nc(N)[nH]c(=O)c1N)CNc1ccc(C=O)cc1. The number of hydrogen-bond donors (Lipinski definition) is 4. The summed E-state index contributed by atoms with van der Waals surface area (Å²) in [6.07, 6.45) is 2.23. The molecule has 0 saturated carbocycles. The highest BCUT2D eigenvalue weighted by molar-refractivity contribution is 5.82. The molecule has 0 radical (unpaired) electrons. The van der Waals surface area contributed by atoms with Crippen LogP contribution in [0.3, 0.4) is 0 Å². The van der Waals surface area contributed by atoms with Gasteiger partial charge in [0.2, 0.25) is 5.95 Å². The number of rotatable bonds is 6. The Morgan fingerprint density at radius 1 is 1.35 bits per heavy atom. The zero-order valence-corrected chi connectivity index (χ0v) is 12.2. The molecule has 0 bridgehead atoms. The Labute approximate surface area is 132 Å². The van der Waals surface area contributed by atoms with Gasteiger partial charge in [0.15, 0.2) is 5.82 Å². The molecule has 2 aromatic rings. The number of nitrogen functional groups attached to an aromatic ring is 2. The molecule has 0 fully saturated rings. The zero-order valence-electron chi connectivity index (χ0n) is 12.2. The van der Waals surface area contributed by atoms with Crippen molar-refractivity contribution in [1.82, 2.24) is 9.97 Å². The summed E-state index contributed by atoms with van der Waals surface area (Å²) in [7, 11) is 0. The van der Waals surface area contributed by atoms with Gasteiger partial charge in [-0.25, -0.2) is 4.99 Å².